The fraction of sp³-hybridized carbons (Fsp3) is 0.360. The van der Waals surface area contributed by atoms with Crippen LogP contribution in [-0.4, -0.2) is 66.2 Å². The van der Waals surface area contributed by atoms with Crippen molar-refractivity contribution >= 4 is 11.7 Å². The van der Waals surface area contributed by atoms with Crippen molar-refractivity contribution < 1.29 is 27.6 Å². The Morgan fingerprint density at radius 1 is 1.03 bits per heavy atom. The van der Waals surface area contributed by atoms with E-state index in [1.807, 2.05) is 36.4 Å². The molecule has 0 radical (unpaired) electrons. The maximum atomic E-state index is 14.0. The average Bonchev–Trinajstić information content (AvgIpc) is 3.24. The second-order valence-electron chi connectivity index (χ2n) is 8.69. The predicted octanol–water partition coefficient (Wildman–Crippen LogP) is 4.10. The molecule has 1 atom stereocenters. The summed E-state index contributed by atoms with van der Waals surface area (Å²) in [6.45, 7) is 2.94. The summed E-state index contributed by atoms with van der Waals surface area (Å²) < 4.78 is 44.9. The monoisotopic (exact) mass is 484 g/mol. The summed E-state index contributed by atoms with van der Waals surface area (Å²) in [7, 11) is 0. The molecule has 1 spiro atoms. The lowest BCUT2D eigenvalue weighted by Crippen LogP contribution is -2.59. The van der Waals surface area contributed by atoms with Crippen LogP contribution in [0.4, 0.5) is 19.3 Å². The van der Waals surface area contributed by atoms with Gasteiger partial charge in [-0.3, -0.25) is 4.90 Å². The van der Waals surface area contributed by atoms with Gasteiger partial charge >= 0.3 is 6.03 Å². The summed E-state index contributed by atoms with van der Waals surface area (Å²) in [5.41, 5.74) is 1.67. The number of rotatable bonds is 4. The number of morpholine rings is 1. The summed E-state index contributed by atoms with van der Waals surface area (Å²) in [6.07, 6.45) is 0.789. The van der Waals surface area contributed by atoms with Gasteiger partial charge in [0.05, 0.1) is 38.5 Å². The molecule has 0 aliphatic carbocycles. The summed E-state index contributed by atoms with van der Waals surface area (Å²) in [4.78, 5) is 16.5. The highest BCUT2D eigenvalue weighted by atomic mass is 19.1. The van der Waals surface area contributed by atoms with Gasteiger partial charge in [0.25, 0.3) is 0 Å². The van der Waals surface area contributed by atoms with Crippen LogP contribution in [0.15, 0.2) is 59.1 Å². The molecule has 1 unspecified atom stereocenters. The Morgan fingerprint density at radius 2 is 1.86 bits per heavy atom. The second-order valence-corrected chi connectivity index (χ2v) is 8.69. The van der Waals surface area contributed by atoms with Crippen molar-refractivity contribution in [3.8, 4) is 11.3 Å². The number of ether oxygens (including phenoxy) is 2. The third-order valence-electron chi connectivity index (χ3n) is 6.07. The van der Waals surface area contributed by atoms with E-state index in [9.17, 15) is 13.6 Å². The molecule has 0 saturated carbocycles. The first-order valence-corrected chi connectivity index (χ1v) is 11.5. The van der Waals surface area contributed by atoms with Gasteiger partial charge < -0.3 is 24.2 Å². The largest absolute Gasteiger partial charge is 0.359 e. The van der Waals surface area contributed by atoms with Gasteiger partial charge in [-0.25, -0.2) is 13.6 Å². The Balaban J connectivity index is 1.25. The number of nitrogens with zero attached hydrogens (tertiary/aromatic N) is 3. The van der Waals surface area contributed by atoms with Crippen LogP contribution < -0.4 is 5.32 Å². The van der Waals surface area contributed by atoms with Crippen LogP contribution in [0.25, 0.3) is 11.3 Å². The fourth-order valence-corrected chi connectivity index (χ4v) is 4.40. The average molecular weight is 485 g/mol. The van der Waals surface area contributed by atoms with E-state index in [-0.39, 0.29) is 18.8 Å². The first kappa shape index (κ1) is 23.4. The molecule has 184 valence electrons. The first-order valence-electron chi connectivity index (χ1n) is 11.5. The highest BCUT2D eigenvalue weighted by Gasteiger charge is 2.42. The number of hydrogen-bond acceptors (Lipinski definition) is 6. The molecule has 10 heteroatoms. The summed E-state index contributed by atoms with van der Waals surface area (Å²) >= 11 is 0. The van der Waals surface area contributed by atoms with Crippen molar-refractivity contribution in [3.63, 3.8) is 0 Å². The Bertz CT molecular complexity index is 1180. The number of anilines is 1. The van der Waals surface area contributed by atoms with Crippen LogP contribution >= 0.6 is 0 Å². The van der Waals surface area contributed by atoms with Gasteiger partial charge in [-0.1, -0.05) is 35.5 Å². The Labute approximate surface area is 201 Å². The second kappa shape index (κ2) is 10.1. The van der Waals surface area contributed by atoms with E-state index in [0.717, 1.165) is 42.1 Å². The lowest BCUT2D eigenvalue weighted by Gasteiger charge is -2.43. The molecule has 2 aliphatic rings. The van der Waals surface area contributed by atoms with Crippen molar-refractivity contribution in [1.29, 1.82) is 0 Å². The molecule has 3 heterocycles. The SMILES string of the molecule is O=C(Nc1ccc(F)cc1F)N1CCOC2(CN(Cc3cc(-c4ccccc4)no3)CCCO2)C1. The number of urea groups is 1. The van der Waals surface area contributed by atoms with E-state index in [1.54, 1.807) is 0 Å². The number of nitrogens with one attached hydrogen (secondary N) is 1. The molecule has 3 aromatic rings. The number of carbonyl (C=O) groups excluding carboxylic acids is 1. The van der Waals surface area contributed by atoms with Crippen molar-refractivity contribution in [3.05, 3.63) is 72.0 Å². The Kier molecular flexibility index (Phi) is 6.76. The third-order valence-corrected chi connectivity index (χ3v) is 6.07. The minimum Gasteiger partial charge on any atom is -0.359 e. The number of hydrogen-bond donors (Lipinski definition) is 1. The van der Waals surface area contributed by atoms with Crippen molar-refractivity contribution in [1.82, 2.24) is 15.0 Å². The maximum Gasteiger partial charge on any atom is 0.322 e. The number of halogens is 2. The van der Waals surface area contributed by atoms with E-state index in [0.29, 0.717) is 26.2 Å². The highest BCUT2D eigenvalue weighted by molar-refractivity contribution is 5.89. The van der Waals surface area contributed by atoms with Gasteiger partial charge in [0.2, 0.25) is 0 Å². The van der Waals surface area contributed by atoms with Crippen LogP contribution in [0.2, 0.25) is 0 Å². The normalized spacial score (nSPS) is 21.1. The van der Waals surface area contributed by atoms with E-state index < -0.39 is 23.5 Å². The smallest absolute Gasteiger partial charge is 0.322 e. The van der Waals surface area contributed by atoms with Crippen LogP contribution in [0.1, 0.15) is 12.2 Å². The third kappa shape index (κ3) is 5.50. The molecular formula is C25H26F2N4O4. The van der Waals surface area contributed by atoms with Gasteiger partial charge in [-0.15, -0.1) is 0 Å². The number of amides is 2. The zero-order chi connectivity index (χ0) is 24.3. The highest BCUT2D eigenvalue weighted by Crippen LogP contribution is 2.27. The number of carbonyl (C=O) groups is 1. The topological polar surface area (TPSA) is 80.1 Å². The fourth-order valence-electron chi connectivity index (χ4n) is 4.40. The van der Waals surface area contributed by atoms with Crippen molar-refractivity contribution in [2.24, 2.45) is 0 Å². The van der Waals surface area contributed by atoms with Gasteiger partial charge in [0, 0.05) is 30.8 Å². The summed E-state index contributed by atoms with van der Waals surface area (Å²) in [5.74, 6) is -1.84. The van der Waals surface area contributed by atoms with Crippen LogP contribution in [0.5, 0.6) is 0 Å². The molecule has 5 rings (SSSR count). The van der Waals surface area contributed by atoms with E-state index in [4.69, 9.17) is 14.0 Å². The zero-order valence-electron chi connectivity index (χ0n) is 19.1. The lowest BCUT2D eigenvalue weighted by atomic mass is 10.1. The molecule has 1 aromatic heterocycles. The van der Waals surface area contributed by atoms with Crippen LogP contribution in [0, 0.1) is 11.6 Å². The predicted molar refractivity (Wildman–Crippen MR) is 123 cm³/mol. The molecule has 1 N–H and O–H groups in total. The molecular weight excluding hydrogens is 458 g/mol. The van der Waals surface area contributed by atoms with Crippen molar-refractivity contribution in [2.75, 3.05) is 44.7 Å². The zero-order valence-corrected chi connectivity index (χ0v) is 19.1. The summed E-state index contributed by atoms with van der Waals surface area (Å²) in [5, 5.41) is 6.70. The lowest BCUT2D eigenvalue weighted by molar-refractivity contribution is -0.260. The standard InChI is InChI=1S/C25H26F2N4O4/c26-19-7-8-22(21(27)13-19)28-24(32)31-10-12-34-25(17-31)16-30(9-4-11-33-25)15-20-14-23(29-35-20)18-5-2-1-3-6-18/h1-3,5-8,13-14H,4,9-12,15-17H2,(H,28,32). The Morgan fingerprint density at radius 3 is 2.69 bits per heavy atom. The number of aromatic nitrogens is 1. The van der Waals surface area contributed by atoms with Crippen LogP contribution in [0.3, 0.4) is 0 Å². The first-order chi connectivity index (χ1) is 17.0. The minimum atomic E-state index is -1.02. The van der Waals surface area contributed by atoms with Gasteiger partial charge in [-0.05, 0) is 18.6 Å². The summed E-state index contributed by atoms with van der Waals surface area (Å²) in [6, 6.07) is 14.3. The minimum absolute atomic E-state index is 0.0834. The van der Waals surface area contributed by atoms with E-state index in [1.165, 1.54) is 11.0 Å². The molecule has 2 aromatic carbocycles. The molecule has 8 nitrogen and oxygen atoms in total. The van der Waals surface area contributed by atoms with Gasteiger partial charge in [-0.2, -0.15) is 0 Å². The molecule has 35 heavy (non-hydrogen) atoms. The van der Waals surface area contributed by atoms with Gasteiger partial charge in [0.15, 0.2) is 11.5 Å². The van der Waals surface area contributed by atoms with Crippen molar-refractivity contribution in [2.45, 2.75) is 18.8 Å². The van der Waals surface area contributed by atoms with Gasteiger partial charge in [0.1, 0.15) is 17.3 Å². The molecule has 0 bridgehead atoms. The van der Waals surface area contributed by atoms with E-state index >= 15 is 0 Å². The van der Waals surface area contributed by atoms with Crippen LogP contribution in [-0.2, 0) is 16.0 Å². The molecule has 2 saturated heterocycles. The molecule has 2 fully saturated rings. The quantitative estimate of drug-likeness (QED) is 0.601. The number of benzene rings is 2. The van der Waals surface area contributed by atoms with E-state index in [2.05, 4.69) is 15.4 Å². The Hall–Kier alpha value is -3.34. The molecule has 2 aliphatic heterocycles. The maximum absolute atomic E-state index is 14.0. The molecule has 2 amide bonds.